The Bertz CT molecular complexity index is 1300. The summed E-state index contributed by atoms with van der Waals surface area (Å²) in [5.74, 6) is 5.70. The molecule has 190 valence electrons. The number of benzene rings is 2. The Labute approximate surface area is 213 Å². The molecule has 0 saturated carbocycles. The fourth-order valence-corrected chi connectivity index (χ4v) is 2.99. The number of nitrogens with one attached hydrogen (secondary N) is 3. The van der Waals surface area contributed by atoms with Crippen molar-refractivity contribution in [3.63, 3.8) is 0 Å². The normalized spacial score (nSPS) is 9.86. The van der Waals surface area contributed by atoms with E-state index < -0.39 is 17.9 Å². The molecule has 3 aromatic rings. The van der Waals surface area contributed by atoms with Gasteiger partial charge in [0.2, 0.25) is 0 Å². The maximum Gasteiger partial charge on any atom is 0.405 e. The minimum Gasteiger partial charge on any atom is -0.497 e. The number of rotatable bonds is 10. The molecular formula is C26H25N5O6. The molecule has 11 nitrogen and oxygen atoms in total. The number of nitrogens with zero attached hydrogens (tertiary/aromatic N) is 2. The quantitative estimate of drug-likeness (QED) is 0.307. The van der Waals surface area contributed by atoms with E-state index >= 15 is 0 Å². The monoisotopic (exact) mass is 503 g/mol. The summed E-state index contributed by atoms with van der Waals surface area (Å²) in [6, 6.07) is 15.7. The molecule has 0 bridgehead atoms. The van der Waals surface area contributed by atoms with Crippen LogP contribution in [0, 0.1) is 11.8 Å². The van der Waals surface area contributed by atoms with Crippen LogP contribution >= 0.6 is 0 Å². The standard InChI is InChI=1S/C26H25N5O6/c1-36-21-6-4-5-19(13-21)16-29-25(33)23-14-22(30-17-31-23)24(32)28-15-18-7-9-20(10-8-18)37-12-3-2-11-27-26(34)35/h4-10,13-14,17,27H,11-12,15-16H2,1H3,(H,28,32)(H,29,33)(H,34,35). The SMILES string of the molecule is COc1cccc(CNC(=O)c2cc(C(=O)NCc3ccc(OCC#CCNC(=O)O)cc3)ncn2)c1. The maximum atomic E-state index is 12.6. The van der Waals surface area contributed by atoms with E-state index in [9.17, 15) is 14.4 Å². The number of amides is 3. The van der Waals surface area contributed by atoms with Gasteiger partial charge in [-0.05, 0) is 35.4 Å². The molecule has 37 heavy (non-hydrogen) atoms. The molecule has 1 aromatic heterocycles. The van der Waals surface area contributed by atoms with Gasteiger partial charge in [0.05, 0.1) is 13.7 Å². The molecule has 1 heterocycles. The van der Waals surface area contributed by atoms with Gasteiger partial charge in [0.25, 0.3) is 11.8 Å². The van der Waals surface area contributed by atoms with Crippen molar-refractivity contribution in [2.45, 2.75) is 13.1 Å². The van der Waals surface area contributed by atoms with Gasteiger partial charge in [-0.1, -0.05) is 36.1 Å². The van der Waals surface area contributed by atoms with Crippen LogP contribution in [-0.2, 0) is 13.1 Å². The Morgan fingerprint density at radius 1 is 0.838 bits per heavy atom. The van der Waals surface area contributed by atoms with Crippen LogP contribution in [0.25, 0.3) is 0 Å². The summed E-state index contributed by atoms with van der Waals surface area (Å²) in [5, 5.41) is 16.1. The summed E-state index contributed by atoms with van der Waals surface area (Å²) in [4.78, 5) is 43.3. The molecule has 4 N–H and O–H groups in total. The summed E-state index contributed by atoms with van der Waals surface area (Å²) < 4.78 is 10.6. The molecule has 0 aliphatic rings. The lowest BCUT2D eigenvalue weighted by Crippen LogP contribution is -2.27. The third-order valence-electron chi connectivity index (χ3n) is 4.86. The number of hydrogen-bond acceptors (Lipinski definition) is 7. The van der Waals surface area contributed by atoms with E-state index in [4.69, 9.17) is 14.6 Å². The van der Waals surface area contributed by atoms with Crippen LogP contribution in [0.3, 0.4) is 0 Å². The first-order chi connectivity index (χ1) is 17.9. The first-order valence-corrected chi connectivity index (χ1v) is 11.1. The van der Waals surface area contributed by atoms with Crippen LogP contribution in [0.5, 0.6) is 11.5 Å². The van der Waals surface area contributed by atoms with Crippen molar-refractivity contribution in [1.29, 1.82) is 0 Å². The average molecular weight is 504 g/mol. The van der Waals surface area contributed by atoms with Crippen LogP contribution in [0.1, 0.15) is 32.1 Å². The molecule has 11 heteroatoms. The number of aromatic nitrogens is 2. The summed E-state index contributed by atoms with van der Waals surface area (Å²) in [6.45, 7) is 0.649. The van der Waals surface area contributed by atoms with Crippen molar-refractivity contribution >= 4 is 17.9 Å². The first-order valence-electron chi connectivity index (χ1n) is 11.1. The Balaban J connectivity index is 1.47. The molecule has 3 rings (SSSR count). The molecule has 0 aliphatic heterocycles. The fraction of sp³-hybridized carbons (Fsp3) is 0.192. The average Bonchev–Trinajstić information content (AvgIpc) is 2.93. The second-order valence-corrected chi connectivity index (χ2v) is 7.45. The number of methoxy groups -OCH3 is 1. The molecule has 0 atom stereocenters. The molecular weight excluding hydrogens is 478 g/mol. The topological polar surface area (TPSA) is 152 Å². The van der Waals surface area contributed by atoms with Crippen LogP contribution in [0.4, 0.5) is 4.79 Å². The zero-order valence-electron chi connectivity index (χ0n) is 20.0. The number of ether oxygens (including phenoxy) is 2. The van der Waals surface area contributed by atoms with Gasteiger partial charge >= 0.3 is 6.09 Å². The predicted octanol–water partition coefficient (Wildman–Crippen LogP) is 1.99. The van der Waals surface area contributed by atoms with E-state index in [0.717, 1.165) is 11.1 Å². The Kier molecular flexibility index (Phi) is 9.81. The Hall–Kier alpha value is -5.11. The number of carbonyl (C=O) groups is 3. The van der Waals surface area contributed by atoms with Crippen molar-refractivity contribution < 1.29 is 29.0 Å². The Morgan fingerprint density at radius 2 is 1.51 bits per heavy atom. The largest absolute Gasteiger partial charge is 0.497 e. The van der Waals surface area contributed by atoms with Crippen molar-refractivity contribution in [2.75, 3.05) is 20.3 Å². The third-order valence-corrected chi connectivity index (χ3v) is 4.86. The van der Waals surface area contributed by atoms with Crippen molar-refractivity contribution in [2.24, 2.45) is 0 Å². The number of hydrogen-bond donors (Lipinski definition) is 4. The van der Waals surface area contributed by atoms with E-state index in [1.807, 2.05) is 24.3 Å². The van der Waals surface area contributed by atoms with Gasteiger partial charge in [0.15, 0.2) is 0 Å². The lowest BCUT2D eigenvalue weighted by Gasteiger charge is -2.08. The summed E-state index contributed by atoms with van der Waals surface area (Å²) in [7, 11) is 1.57. The zero-order valence-corrected chi connectivity index (χ0v) is 20.0. The lowest BCUT2D eigenvalue weighted by atomic mass is 10.2. The zero-order chi connectivity index (χ0) is 26.5. The highest BCUT2D eigenvalue weighted by molar-refractivity contribution is 5.97. The maximum absolute atomic E-state index is 12.6. The van der Waals surface area contributed by atoms with Crippen LogP contribution in [0.2, 0.25) is 0 Å². The highest BCUT2D eigenvalue weighted by atomic mass is 16.5. The van der Waals surface area contributed by atoms with Gasteiger partial charge in [-0.25, -0.2) is 14.8 Å². The lowest BCUT2D eigenvalue weighted by molar-refractivity contribution is 0.0944. The van der Waals surface area contributed by atoms with Gasteiger partial charge in [0, 0.05) is 19.2 Å². The summed E-state index contributed by atoms with van der Waals surface area (Å²) in [5.41, 5.74) is 1.82. The molecule has 0 fully saturated rings. The predicted molar refractivity (Wildman–Crippen MR) is 133 cm³/mol. The van der Waals surface area contributed by atoms with Gasteiger partial charge in [-0.3, -0.25) is 9.59 Å². The fourth-order valence-electron chi connectivity index (χ4n) is 2.99. The minimum atomic E-state index is -1.14. The highest BCUT2D eigenvalue weighted by Gasteiger charge is 2.13. The highest BCUT2D eigenvalue weighted by Crippen LogP contribution is 2.13. The van der Waals surface area contributed by atoms with Gasteiger partial charge in [-0.15, -0.1) is 0 Å². The van der Waals surface area contributed by atoms with Crippen molar-refractivity contribution in [3.05, 3.63) is 83.4 Å². The molecule has 0 unspecified atom stereocenters. The van der Waals surface area contributed by atoms with Gasteiger partial charge in [-0.2, -0.15) is 0 Å². The molecule has 2 aromatic carbocycles. The molecule has 3 amide bonds. The van der Waals surface area contributed by atoms with E-state index in [2.05, 4.69) is 37.8 Å². The van der Waals surface area contributed by atoms with E-state index in [0.29, 0.717) is 11.5 Å². The van der Waals surface area contributed by atoms with Gasteiger partial charge in [0.1, 0.15) is 35.8 Å². The molecule has 0 radical (unpaired) electrons. The summed E-state index contributed by atoms with van der Waals surface area (Å²) >= 11 is 0. The van der Waals surface area contributed by atoms with E-state index in [1.54, 1.807) is 31.4 Å². The third kappa shape index (κ3) is 8.88. The van der Waals surface area contributed by atoms with Crippen molar-refractivity contribution in [3.8, 4) is 23.3 Å². The number of carbonyl (C=O) groups excluding carboxylic acids is 2. The minimum absolute atomic E-state index is 0.0269. The summed E-state index contributed by atoms with van der Waals surface area (Å²) in [6.07, 6.45) is 0.0336. The van der Waals surface area contributed by atoms with E-state index in [1.165, 1.54) is 12.4 Å². The van der Waals surface area contributed by atoms with Crippen LogP contribution < -0.4 is 25.4 Å². The van der Waals surface area contributed by atoms with Crippen LogP contribution in [0.15, 0.2) is 60.9 Å². The second kappa shape index (κ2) is 13.7. The Morgan fingerprint density at radius 3 is 2.16 bits per heavy atom. The van der Waals surface area contributed by atoms with E-state index in [-0.39, 0.29) is 37.6 Å². The first kappa shape index (κ1) is 26.5. The second-order valence-electron chi connectivity index (χ2n) is 7.45. The molecule has 0 spiro atoms. The molecule has 0 aliphatic carbocycles. The smallest absolute Gasteiger partial charge is 0.405 e. The van der Waals surface area contributed by atoms with Crippen LogP contribution in [-0.4, -0.2) is 53.2 Å². The molecule has 0 saturated heterocycles. The van der Waals surface area contributed by atoms with Crippen molar-refractivity contribution in [1.82, 2.24) is 25.9 Å². The van der Waals surface area contributed by atoms with Gasteiger partial charge < -0.3 is 30.5 Å². The number of carboxylic acid groups (broad SMARTS) is 1.